The van der Waals surface area contributed by atoms with E-state index >= 15 is 0 Å². The van der Waals surface area contributed by atoms with Crippen LogP contribution in [0.4, 0.5) is 5.69 Å². The third kappa shape index (κ3) is 4.60. The zero-order valence-electron chi connectivity index (χ0n) is 17.1. The zero-order chi connectivity index (χ0) is 20.9. The van der Waals surface area contributed by atoms with E-state index in [0.717, 1.165) is 29.5 Å². The van der Waals surface area contributed by atoms with Crippen LogP contribution >= 0.6 is 0 Å². The van der Waals surface area contributed by atoms with E-state index in [2.05, 4.69) is 17.4 Å². The molecule has 0 aromatic heterocycles. The molecule has 3 aromatic rings. The summed E-state index contributed by atoms with van der Waals surface area (Å²) in [5.41, 5.74) is 6.25. The van der Waals surface area contributed by atoms with Gasteiger partial charge in [-0.3, -0.25) is 9.59 Å². The second kappa shape index (κ2) is 8.95. The molecular formula is C26H25NO3. The Morgan fingerprint density at radius 2 is 1.67 bits per heavy atom. The minimum Gasteiger partial charge on any atom is -0.452 e. The maximum atomic E-state index is 12.6. The Kier molecular flexibility index (Phi) is 5.94. The molecule has 30 heavy (non-hydrogen) atoms. The lowest BCUT2D eigenvalue weighted by atomic mass is 10.0. The molecule has 4 heteroatoms. The Labute approximate surface area is 176 Å². The van der Waals surface area contributed by atoms with Crippen molar-refractivity contribution in [2.24, 2.45) is 0 Å². The summed E-state index contributed by atoms with van der Waals surface area (Å²) in [6.45, 7) is 1.60. The number of aryl methyl sites for hydroxylation is 2. The van der Waals surface area contributed by atoms with Crippen LogP contribution in [0.3, 0.4) is 0 Å². The molecule has 4 rings (SSSR count). The molecule has 152 valence electrons. The SMILES string of the molecule is C[C@H](OC(=O)Cc1ccc2c(c1)CCC2)C(=O)Nc1ccccc1-c1ccccc1. The highest BCUT2D eigenvalue weighted by atomic mass is 16.5. The highest BCUT2D eigenvalue weighted by molar-refractivity contribution is 5.98. The lowest BCUT2D eigenvalue weighted by Gasteiger charge is -2.16. The molecule has 0 unspecified atom stereocenters. The van der Waals surface area contributed by atoms with Gasteiger partial charge in [-0.05, 0) is 54.5 Å². The van der Waals surface area contributed by atoms with Crippen molar-refractivity contribution in [1.82, 2.24) is 0 Å². The van der Waals surface area contributed by atoms with Crippen molar-refractivity contribution < 1.29 is 14.3 Å². The van der Waals surface area contributed by atoms with Gasteiger partial charge in [0.15, 0.2) is 6.10 Å². The van der Waals surface area contributed by atoms with E-state index < -0.39 is 12.1 Å². The van der Waals surface area contributed by atoms with Crippen molar-refractivity contribution in [2.45, 2.75) is 38.7 Å². The number of rotatable bonds is 6. The van der Waals surface area contributed by atoms with Crippen LogP contribution in [0.1, 0.15) is 30.0 Å². The highest BCUT2D eigenvalue weighted by Crippen LogP contribution is 2.28. The van der Waals surface area contributed by atoms with Crippen LogP contribution in [-0.2, 0) is 33.6 Å². The van der Waals surface area contributed by atoms with Gasteiger partial charge in [0.05, 0.1) is 6.42 Å². The number of para-hydroxylation sites is 1. The van der Waals surface area contributed by atoms with E-state index in [9.17, 15) is 9.59 Å². The molecule has 0 saturated carbocycles. The molecule has 4 nitrogen and oxygen atoms in total. The van der Waals surface area contributed by atoms with Gasteiger partial charge in [-0.15, -0.1) is 0 Å². The summed E-state index contributed by atoms with van der Waals surface area (Å²) < 4.78 is 5.40. The molecular weight excluding hydrogens is 374 g/mol. The molecule has 0 heterocycles. The van der Waals surface area contributed by atoms with Crippen LogP contribution in [0.5, 0.6) is 0 Å². The van der Waals surface area contributed by atoms with Crippen molar-refractivity contribution in [1.29, 1.82) is 0 Å². The second-order valence-corrected chi connectivity index (χ2v) is 7.67. The van der Waals surface area contributed by atoms with Gasteiger partial charge in [0, 0.05) is 11.3 Å². The standard InChI is InChI=1S/C26H25NO3/c1-18(30-25(28)17-19-14-15-20-10-7-11-22(20)16-19)26(29)27-24-13-6-5-12-23(24)21-8-3-2-4-9-21/h2-6,8-9,12-16,18H,7,10-11,17H2,1H3,(H,27,29)/t18-/m0/s1. The Balaban J connectivity index is 1.38. The maximum Gasteiger partial charge on any atom is 0.311 e. The van der Waals surface area contributed by atoms with Crippen molar-refractivity contribution in [2.75, 3.05) is 5.32 Å². The Hall–Kier alpha value is -3.40. The fourth-order valence-corrected chi connectivity index (χ4v) is 3.89. The van der Waals surface area contributed by atoms with Crippen molar-refractivity contribution >= 4 is 17.6 Å². The second-order valence-electron chi connectivity index (χ2n) is 7.67. The first-order chi connectivity index (χ1) is 14.6. The van der Waals surface area contributed by atoms with Crippen LogP contribution < -0.4 is 5.32 Å². The van der Waals surface area contributed by atoms with E-state index in [0.29, 0.717) is 5.69 Å². The molecule has 1 atom stereocenters. The van der Waals surface area contributed by atoms with Gasteiger partial charge >= 0.3 is 5.97 Å². The van der Waals surface area contributed by atoms with E-state index in [4.69, 9.17) is 4.74 Å². The number of benzene rings is 3. The number of anilines is 1. The van der Waals surface area contributed by atoms with Gasteiger partial charge in [-0.2, -0.15) is 0 Å². The fraction of sp³-hybridized carbons (Fsp3) is 0.231. The molecule has 3 aromatic carbocycles. The number of hydrogen-bond donors (Lipinski definition) is 1. The molecule has 1 amide bonds. The molecule has 0 bridgehead atoms. The van der Waals surface area contributed by atoms with Gasteiger partial charge in [0.25, 0.3) is 5.91 Å². The largest absolute Gasteiger partial charge is 0.452 e. The molecule has 0 saturated heterocycles. The minimum absolute atomic E-state index is 0.172. The van der Waals surface area contributed by atoms with Crippen LogP contribution in [0.2, 0.25) is 0 Å². The lowest BCUT2D eigenvalue weighted by molar-refractivity contribution is -0.152. The highest BCUT2D eigenvalue weighted by Gasteiger charge is 2.20. The smallest absolute Gasteiger partial charge is 0.311 e. The average molecular weight is 399 g/mol. The Morgan fingerprint density at radius 3 is 2.50 bits per heavy atom. The first-order valence-corrected chi connectivity index (χ1v) is 10.4. The zero-order valence-corrected chi connectivity index (χ0v) is 17.1. The maximum absolute atomic E-state index is 12.6. The lowest BCUT2D eigenvalue weighted by Crippen LogP contribution is -2.30. The summed E-state index contributed by atoms with van der Waals surface area (Å²) in [4.78, 5) is 25.0. The topological polar surface area (TPSA) is 55.4 Å². The third-order valence-electron chi connectivity index (χ3n) is 5.46. The van der Waals surface area contributed by atoms with E-state index in [1.807, 2.05) is 60.7 Å². The Morgan fingerprint density at radius 1 is 0.933 bits per heavy atom. The monoisotopic (exact) mass is 399 g/mol. The molecule has 0 spiro atoms. The first kappa shape index (κ1) is 19.9. The quantitative estimate of drug-likeness (QED) is 0.597. The fourth-order valence-electron chi connectivity index (χ4n) is 3.89. The molecule has 0 aliphatic heterocycles. The summed E-state index contributed by atoms with van der Waals surface area (Å²) in [6.07, 6.45) is 2.64. The first-order valence-electron chi connectivity index (χ1n) is 10.4. The molecule has 0 radical (unpaired) electrons. The van der Waals surface area contributed by atoms with Gasteiger partial charge in [-0.25, -0.2) is 0 Å². The molecule has 0 fully saturated rings. The van der Waals surface area contributed by atoms with Crippen molar-refractivity contribution in [3.05, 3.63) is 89.5 Å². The van der Waals surface area contributed by atoms with Crippen LogP contribution in [0.25, 0.3) is 11.1 Å². The molecule has 1 aliphatic carbocycles. The number of amides is 1. The third-order valence-corrected chi connectivity index (χ3v) is 5.46. The normalized spacial score (nSPS) is 13.4. The van der Waals surface area contributed by atoms with Crippen LogP contribution in [0, 0.1) is 0 Å². The molecule has 1 N–H and O–H groups in total. The number of nitrogens with one attached hydrogen (secondary N) is 1. The van der Waals surface area contributed by atoms with Gasteiger partial charge in [0.2, 0.25) is 0 Å². The Bertz CT molecular complexity index is 1060. The number of carbonyl (C=O) groups is 2. The predicted molar refractivity (Wildman–Crippen MR) is 118 cm³/mol. The summed E-state index contributed by atoms with van der Waals surface area (Å²) in [5, 5.41) is 2.90. The average Bonchev–Trinajstić information content (AvgIpc) is 3.22. The van der Waals surface area contributed by atoms with Crippen molar-refractivity contribution in [3.8, 4) is 11.1 Å². The minimum atomic E-state index is -0.879. The van der Waals surface area contributed by atoms with Gasteiger partial charge < -0.3 is 10.1 Å². The number of fused-ring (bicyclic) bond motifs is 1. The summed E-state index contributed by atoms with van der Waals surface area (Å²) in [5.74, 6) is -0.743. The van der Waals surface area contributed by atoms with Crippen LogP contribution in [0.15, 0.2) is 72.8 Å². The van der Waals surface area contributed by atoms with E-state index in [1.165, 1.54) is 17.5 Å². The number of esters is 1. The van der Waals surface area contributed by atoms with Crippen LogP contribution in [-0.4, -0.2) is 18.0 Å². The number of carbonyl (C=O) groups excluding carboxylic acids is 2. The summed E-state index contributed by atoms with van der Waals surface area (Å²) in [7, 11) is 0. The van der Waals surface area contributed by atoms with E-state index in [-0.39, 0.29) is 12.3 Å². The predicted octanol–water partition coefficient (Wildman–Crippen LogP) is 4.96. The van der Waals surface area contributed by atoms with Crippen molar-refractivity contribution in [3.63, 3.8) is 0 Å². The number of hydrogen-bond acceptors (Lipinski definition) is 3. The van der Waals surface area contributed by atoms with Gasteiger partial charge in [0.1, 0.15) is 0 Å². The summed E-state index contributed by atoms with van der Waals surface area (Å²) in [6, 6.07) is 23.6. The molecule has 1 aliphatic rings. The van der Waals surface area contributed by atoms with E-state index in [1.54, 1.807) is 6.92 Å². The van der Waals surface area contributed by atoms with Gasteiger partial charge in [-0.1, -0.05) is 66.7 Å². The summed E-state index contributed by atoms with van der Waals surface area (Å²) >= 11 is 0. The number of ether oxygens (including phenoxy) is 1.